The van der Waals surface area contributed by atoms with Crippen LogP contribution in [0.4, 0.5) is 0 Å². The zero-order valence-electron chi connectivity index (χ0n) is 17.6. The maximum absolute atomic E-state index is 12.3. The molecule has 3 aromatic carbocycles. The molecule has 8 nitrogen and oxygen atoms in total. The Morgan fingerprint density at radius 3 is 1.94 bits per heavy atom. The lowest BCUT2D eigenvalue weighted by Gasteiger charge is -2.06. The summed E-state index contributed by atoms with van der Waals surface area (Å²) < 4.78 is 15.7. The van der Waals surface area contributed by atoms with Gasteiger partial charge < -0.3 is 13.9 Å². The molecule has 8 heteroatoms. The van der Waals surface area contributed by atoms with Crippen molar-refractivity contribution in [2.24, 2.45) is 0 Å². The minimum atomic E-state index is -0.637. The fourth-order valence-electron chi connectivity index (χ4n) is 2.96. The molecule has 1 heterocycles. The van der Waals surface area contributed by atoms with E-state index in [1.54, 1.807) is 24.3 Å². The van der Waals surface area contributed by atoms with E-state index in [1.807, 2.05) is 30.3 Å². The average molecular weight is 442 g/mol. The molecule has 0 spiro atoms. The number of benzene rings is 3. The number of ketones is 1. The van der Waals surface area contributed by atoms with Crippen LogP contribution < -0.4 is 4.74 Å². The van der Waals surface area contributed by atoms with Crippen LogP contribution in [0.1, 0.15) is 27.6 Å². The van der Waals surface area contributed by atoms with E-state index in [9.17, 15) is 14.4 Å². The summed E-state index contributed by atoms with van der Waals surface area (Å²) in [5.41, 5.74) is 2.06. The smallest absolute Gasteiger partial charge is 0.338 e. The lowest BCUT2D eigenvalue weighted by Crippen LogP contribution is -2.14. The molecule has 4 aromatic rings. The first-order chi connectivity index (χ1) is 16.0. The monoisotopic (exact) mass is 442 g/mol. The maximum atomic E-state index is 12.3. The number of rotatable bonds is 7. The maximum Gasteiger partial charge on any atom is 0.338 e. The zero-order valence-corrected chi connectivity index (χ0v) is 17.6. The number of carbonyl (C=O) groups is 3. The van der Waals surface area contributed by atoms with Gasteiger partial charge >= 0.3 is 11.9 Å². The second-order valence-electron chi connectivity index (χ2n) is 6.97. The molecule has 0 atom stereocenters. The van der Waals surface area contributed by atoms with Gasteiger partial charge in [0, 0.05) is 23.6 Å². The highest BCUT2D eigenvalue weighted by Gasteiger charge is 2.14. The number of nitrogens with zero attached hydrogens (tertiary/aromatic N) is 2. The van der Waals surface area contributed by atoms with E-state index >= 15 is 0 Å². The summed E-state index contributed by atoms with van der Waals surface area (Å²) in [4.78, 5) is 35.5. The van der Waals surface area contributed by atoms with E-state index in [0.29, 0.717) is 28.7 Å². The van der Waals surface area contributed by atoms with Gasteiger partial charge in [-0.25, -0.2) is 4.79 Å². The van der Waals surface area contributed by atoms with Crippen LogP contribution in [0.3, 0.4) is 0 Å². The first kappa shape index (κ1) is 21.6. The summed E-state index contributed by atoms with van der Waals surface area (Å²) in [7, 11) is 0. The van der Waals surface area contributed by atoms with Gasteiger partial charge in [-0.2, -0.15) is 0 Å². The van der Waals surface area contributed by atoms with Gasteiger partial charge in [0.2, 0.25) is 11.8 Å². The number of Topliss-reactive ketones (excluding diaryl/α,β-unsaturated/α-hetero) is 1. The predicted octanol–water partition coefficient (Wildman–Crippen LogP) is 4.37. The van der Waals surface area contributed by atoms with Crippen molar-refractivity contribution >= 4 is 17.7 Å². The molecule has 0 saturated carbocycles. The van der Waals surface area contributed by atoms with Crippen LogP contribution in [-0.4, -0.2) is 34.5 Å². The quantitative estimate of drug-likeness (QED) is 0.236. The molecule has 0 N–H and O–H groups in total. The molecular formula is C25H18N2O6. The first-order valence-corrected chi connectivity index (χ1v) is 9.98. The molecule has 0 aliphatic carbocycles. The molecule has 1 aromatic heterocycles. The average Bonchev–Trinajstić information content (AvgIpc) is 3.33. The van der Waals surface area contributed by atoms with Crippen LogP contribution >= 0.6 is 0 Å². The van der Waals surface area contributed by atoms with Crippen LogP contribution in [0.25, 0.3) is 22.9 Å². The number of hydrogen-bond donors (Lipinski definition) is 0. The second-order valence-corrected chi connectivity index (χ2v) is 6.97. The topological polar surface area (TPSA) is 109 Å². The Bertz CT molecular complexity index is 1280. The van der Waals surface area contributed by atoms with Crippen LogP contribution in [0.5, 0.6) is 5.75 Å². The summed E-state index contributed by atoms with van der Waals surface area (Å²) in [5, 5.41) is 8.09. The third kappa shape index (κ3) is 5.37. The Kier molecular flexibility index (Phi) is 6.36. The molecule has 4 rings (SSSR count). The van der Waals surface area contributed by atoms with Crippen molar-refractivity contribution in [1.29, 1.82) is 0 Å². The minimum Gasteiger partial charge on any atom is -0.454 e. The molecule has 0 bridgehead atoms. The Hall–Kier alpha value is -4.59. The van der Waals surface area contributed by atoms with E-state index < -0.39 is 18.5 Å². The number of aromatic nitrogens is 2. The Labute approximate surface area is 188 Å². The van der Waals surface area contributed by atoms with E-state index in [-0.39, 0.29) is 11.3 Å². The molecule has 0 fully saturated rings. The third-order valence-electron chi connectivity index (χ3n) is 4.59. The fourth-order valence-corrected chi connectivity index (χ4v) is 2.96. The van der Waals surface area contributed by atoms with Crippen molar-refractivity contribution in [3.05, 3.63) is 90.0 Å². The lowest BCUT2D eigenvalue weighted by molar-refractivity contribution is -0.131. The highest BCUT2D eigenvalue weighted by molar-refractivity contribution is 5.99. The van der Waals surface area contributed by atoms with E-state index in [1.165, 1.54) is 31.2 Å². The van der Waals surface area contributed by atoms with Crippen molar-refractivity contribution in [1.82, 2.24) is 10.2 Å². The highest BCUT2D eigenvalue weighted by Crippen LogP contribution is 2.24. The summed E-state index contributed by atoms with van der Waals surface area (Å²) in [6.45, 7) is 0.868. The number of ether oxygens (including phenoxy) is 2. The zero-order chi connectivity index (χ0) is 23.2. The minimum absolute atomic E-state index is 0.277. The summed E-state index contributed by atoms with van der Waals surface area (Å²) in [5.74, 6) is -0.428. The lowest BCUT2D eigenvalue weighted by atomic mass is 10.1. The van der Waals surface area contributed by atoms with Gasteiger partial charge in [-0.15, -0.1) is 10.2 Å². The largest absolute Gasteiger partial charge is 0.454 e. The van der Waals surface area contributed by atoms with Crippen LogP contribution in [-0.2, 0) is 9.53 Å². The summed E-state index contributed by atoms with van der Waals surface area (Å²) >= 11 is 0. The normalized spacial score (nSPS) is 10.5. The van der Waals surface area contributed by atoms with E-state index in [4.69, 9.17) is 13.9 Å². The van der Waals surface area contributed by atoms with Crippen LogP contribution in [0, 0.1) is 0 Å². The van der Waals surface area contributed by atoms with Crippen molar-refractivity contribution < 1.29 is 28.3 Å². The molecule has 33 heavy (non-hydrogen) atoms. The fraction of sp³-hybridized carbons (Fsp3) is 0.0800. The van der Waals surface area contributed by atoms with E-state index in [2.05, 4.69) is 10.2 Å². The van der Waals surface area contributed by atoms with Crippen molar-refractivity contribution in [2.45, 2.75) is 6.92 Å². The molecular weight excluding hydrogens is 424 g/mol. The van der Waals surface area contributed by atoms with Crippen molar-refractivity contribution in [3.63, 3.8) is 0 Å². The third-order valence-corrected chi connectivity index (χ3v) is 4.59. The van der Waals surface area contributed by atoms with Gasteiger partial charge in [-0.3, -0.25) is 9.59 Å². The van der Waals surface area contributed by atoms with Gasteiger partial charge in [0.25, 0.3) is 0 Å². The first-order valence-electron chi connectivity index (χ1n) is 9.98. The Morgan fingerprint density at radius 2 is 1.33 bits per heavy atom. The van der Waals surface area contributed by atoms with E-state index in [0.717, 1.165) is 5.56 Å². The molecule has 164 valence electrons. The summed E-state index contributed by atoms with van der Waals surface area (Å²) in [6.07, 6.45) is 0. The molecule has 0 aliphatic heterocycles. The molecule has 0 radical (unpaired) electrons. The molecule has 0 amide bonds. The van der Waals surface area contributed by atoms with Crippen molar-refractivity contribution in [3.8, 4) is 28.7 Å². The van der Waals surface area contributed by atoms with Gasteiger partial charge in [-0.05, 0) is 60.7 Å². The number of esters is 2. The molecule has 0 saturated heterocycles. The van der Waals surface area contributed by atoms with Gasteiger partial charge in [-0.1, -0.05) is 18.2 Å². The van der Waals surface area contributed by atoms with Gasteiger partial charge in [0.05, 0.1) is 5.56 Å². The standard InChI is InChI=1S/C25H18N2O6/c1-16(28)32-21-13-11-17(12-14-21)22(29)15-31-25(30)20-9-7-19(8-10-20)24-27-26-23(33-24)18-5-3-2-4-6-18/h2-14H,15H2,1H3. The van der Waals surface area contributed by atoms with Crippen molar-refractivity contribution in [2.75, 3.05) is 6.61 Å². The highest BCUT2D eigenvalue weighted by atomic mass is 16.5. The summed E-state index contributed by atoms with van der Waals surface area (Å²) in [6, 6.07) is 21.8. The van der Waals surface area contributed by atoms with Gasteiger partial charge in [0.1, 0.15) is 5.75 Å². The van der Waals surface area contributed by atoms with Gasteiger partial charge in [0.15, 0.2) is 12.4 Å². The molecule has 0 aliphatic rings. The Morgan fingerprint density at radius 1 is 0.758 bits per heavy atom. The second kappa shape index (κ2) is 9.69. The van der Waals surface area contributed by atoms with Crippen LogP contribution in [0.2, 0.25) is 0 Å². The van der Waals surface area contributed by atoms with Crippen LogP contribution in [0.15, 0.2) is 83.3 Å². The predicted molar refractivity (Wildman–Crippen MR) is 118 cm³/mol. The number of carbonyl (C=O) groups excluding carboxylic acids is 3. The number of hydrogen-bond acceptors (Lipinski definition) is 8. The Balaban J connectivity index is 1.35. The molecule has 0 unspecified atom stereocenters. The SMILES string of the molecule is CC(=O)Oc1ccc(C(=O)COC(=O)c2ccc(-c3nnc(-c4ccccc4)o3)cc2)cc1.